The fraction of sp³-hybridized carbons (Fsp3) is 0.364. The molecule has 4 rings (SSSR count). The lowest BCUT2D eigenvalue weighted by Crippen LogP contribution is -2.35. The molecule has 7 heteroatoms. The molecule has 1 aliphatic heterocycles. The number of benzene rings is 2. The van der Waals surface area contributed by atoms with Crippen molar-refractivity contribution in [3.05, 3.63) is 66.0 Å². The summed E-state index contributed by atoms with van der Waals surface area (Å²) in [6.07, 6.45) is 3.88. The Bertz CT molecular complexity index is 955. The first kappa shape index (κ1) is 21.7. The lowest BCUT2D eigenvalue weighted by atomic mass is 9.90. The van der Waals surface area contributed by atoms with Crippen molar-refractivity contribution in [1.82, 2.24) is 20.4 Å². The highest BCUT2D eigenvalue weighted by Crippen LogP contribution is 2.28. The number of nitrogens with zero attached hydrogens (tertiary/aromatic N) is 2. The zero-order valence-corrected chi connectivity index (χ0v) is 18.1. The predicted octanol–water partition coefficient (Wildman–Crippen LogP) is 3.35. The molecule has 1 aromatic heterocycles. The van der Waals surface area contributed by atoms with Crippen LogP contribution < -0.4 is 10.6 Å². The average Bonchev–Trinajstić information content (AvgIpc) is 3.36. The van der Waals surface area contributed by atoms with Gasteiger partial charge in [0.25, 0.3) is 0 Å². The van der Waals surface area contributed by atoms with Crippen LogP contribution in [0, 0.1) is 5.92 Å². The maximum atomic E-state index is 12.7. The minimum absolute atomic E-state index is 0. The summed E-state index contributed by atoms with van der Waals surface area (Å²) in [5.74, 6) is 2.20. The molecule has 2 atom stereocenters. The largest absolute Gasteiger partial charge is 0.355 e. The van der Waals surface area contributed by atoms with Gasteiger partial charge in [-0.15, -0.1) is 12.4 Å². The number of fused-ring (bicyclic) bond motifs is 1. The van der Waals surface area contributed by atoms with Crippen LogP contribution in [0.1, 0.15) is 17.0 Å². The van der Waals surface area contributed by atoms with E-state index < -0.39 is 0 Å². The molecular formula is C22H27ClN4OS. The Balaban J connectivity index is 0.00000240. The minimum Gasteiger partial charge on any atom is -0.355 e. The van der Waals surface area contributed by atoms with Gasteiger partial charge in [-0.25, -0.2) is 0 Å². The smallest absolute Gasteiger partial charge is 0.225 e. The van der Waals surface area contributed by atoms with Crippen molar-refractivity contribution in [2.24, 2.45) is 13.0 Å². The summed E-state index contributed by atoms with van der Waals surface area (Å²) < 4.78 is 1.80. The number of aromatic nitrogens is 2. The second-order valence-corrected chi connectivity index (χ2v) is 8.41. The quantitative estimate of drug-likeness (QED) is 0.564. The maximum absolute atomic E-state index is 12.7. The Morgan fingerprint density at radius 2 is 2.07 bits per heavy atom. The highest BCUT2D eigenvalue weighted by atomic mass is 35.5. The zero-order chi connectivity index (χ0) is 19.3. The number of hydrogen-bond acceptors (Lipinski definition) is 4. The van der Waals surface area contributed by atoms with E-state index >= 15 is 0 Å². The number of nitrogens with one attached hydrogen (secondary N) is 2. The molecule has 0 bridgehead atoms. The van der Waals surface area contributed by atoms with Crippen LogP contribution in [-0.4, -0.2) is 41.1 Å². The first-order valence-corrected chi connectivity index (χ1v) is 10.9. The molecule has 2 N–H and O–H groups in total. The number of halogens is 1. The Hall–Kier alpha value is -2.02. The van der Waals surface area contributed by atoms with Gasteiger partial charge in [-0.3, -0.25) is 9.48 Å². The van der Waals surface area contributed by atoms with Crippen LogP contribution in [0.4, 0.5) is 0 Å². The third-order valence-electron chi connectivity index (χ3n) is 5.39. The van der Waals surface area contributed by atoms with E-state index in [1.165, 1.54) is 16.3 Å². The van der Waals surface area contributed by atoms with Gasteiger partial charge in [0, 0.05) is 50.3 Å². The summed E-state index contributed by atoms with van der Waals surface area (Å²) >= 11 is 1.86. The number of rotatable bonds is 7. The van der Waals surface area contributed by atoms with E-state index in [9.17, 15) is 4.79 Å². The molecule has 1 saturated heterocycles. The van der Waals surface area contributed by atoms with Crippen molar-refractivity contribution in [1.29, 1.82) is 0 Å². The second-order valence-electron chi connectivity index (χ2n) is 7.30. The maximum Gasteiger partial charge on any atom is 0.225 e. The lowest BCUT2D eigenvalue weighted by Gasteiger charge is -2.17. The summed E-state index contributed by atoms with van der Waals surface area (Å²) in [5, 5.41) is 13.3. The van der Waals surface area contributed by atoms with E-state index in [1.54, 1.807) is 4.68 Å². The summed E-state index contributed by atoms with van der Waals surface area (Å²) in [6.45, 7) is 2.26. The van der Waals surface area contributed by atoms with Crippen LogP contribution in [0.25, 0.3) is 10.8 Å². The Kier molecular flexibility index (Phi) is 7.58. The zero-order valence-electron chi connectivity index (χ0n) is 16.5. The van der Waals surface area contributed by atoms with Crippen LogP contribution in [0.15, 0.2) is 54.9 Å². The molecular weight excluding hydrogens is 404 g/mol. The third kappa shape index (κ3) is 5.13. The number of hydrogen-bond donors (Lipinski definition) is 2. The van der Waals surface area contributed by atoms with Gasteiger partial charge in [0.05, 0.1) is 12.1 Å². The third-order valence-corrected chi connectivity index (χ3v) is 6.40. The molecule has 1 fully saturated rings. The van der Waals surface area contributed by atoms with Crippen LogP contribution in [-0.2, 0) is 17.6 Å². The highest BCUT2D eigenvalue weighted by Gasteiger charge is 2.34. The monoisotopic (exact) mass is 430 g/mol. The van der Waals surface area contributed by atoms with Crippen molar-refractivity contribution in [2.45, 2.75) is 11.7 Å². The average molecular weight is 431 g/mol. The standard InChI is InChI=1S/C22H26N4OS.ClH/c1-26-14-18(11-25-26)20-12-23-13-21(20)22(27)24-9-10-28-15-17-7-4-6-16-5-2-3-8-19(16)17;/h2-8,11,14,20-21,23H,9-10,12-13,15H2,1H3,(H,24,27);1H/t20-,21+;/m1./s1. The number of carbonyl (C=O) groups is 1. The highest BCUT2D eigenvalue weighted by molar-refractivity contribution is 7.98. The fourth-order valence-electron chi connectivity index (χ4n) is 3.91. The van der Waals surface area contributed by atoms with Gasteiger partial charge in [-0.05, 0) is 21.9 Å². The van der Waals surface area contributed by atoms with Gasteiger partial charge in [0.1, 0.15) is 0 Å². The molecule has 0 radical (unpaired) electrons. The van der Waals surface area contributed by atoms with Crippen LogP contribution in [0.3, 0.4) is 0 Å². The van der Waals surface area contributed by atoms with E-state index in [1.807, 2.05) is 31.2 Å². The van der Waals surface area contributed by atoms with Gasteiger partial charge in [0.2, 0.25) is 5.91 Å². The molecule has 154 valence electrons. The number of amides is 1. The molecule has 0 spiro atoms. The topological polar surface area (TPSA) is 59.0 Å². The molecule has 2 heterocycles. The number of thioether (sulfide) groups is 1. The Labute approximate surface area is 182 Å². The Morgan fingerprint density at radius 1 is 1.24 bits per heavy atom. The summed E-state index contributed by atoms with van der Waals surface area (Å²) in [5.41, 5.74) is 2.49. The molecule has 1 amide bonds. The van der Waals surface area contributed by atoms with E-state index in [2.05, 4.69) is 58.2 Å². The first-order valence-electron chi connectivity index (χ1n) is 9.74. The molecule has 29 heavy (non-hydrogen) atoms. The lowest BCUT2D eigenvalue weighted by molar-refractivity contribution is -0.124. The SMILES string of the molecule is Cl.Cn1cc([C@H]2CNC[C@@H]2C(=O)NCCSCc2cccc3ccccc23)cn1. The first-order chi connectivity index (χ1) is 13.7. The minimum atomic E-state index is -0.0210. The second kappa shape index (κ2) is 10.1. The molecule has 0 unspecified atom stereocenters. The van der Waals surface area contributed by atoms with Crippen LogP contribution in [0.5, 0.6) is 0 Å². The van der Waals surface area contributed by atoms with Gasteiger partial charge in [-0.2, -0.15) is 16.9 Å². The number of aryl methyl sites for hydroxylation is 1. The van der Waals surface area contributed by atoms with Crippen molar-refractivity contribution >= 4 is 40.8 Å². The van der Waals surface area contributed by atoms with Gasteiger partial charge >= 0.3 is 0 Å². The van der Waals surface area contributed by atoms with E-state index in [0.29, 0.717) is 6.54 Å². The fourth-order valence-corrected chi connectivity index (χ4v) is 4.78. The summed E-state index contributed by atoms with van der Waals surface area (Å²) in [7, 11) is 1.91. The van der Waals surface area contributed by atoms with Crippen molar-refractivity contribution in [3.63, 3.8) is 0 Å². The van der Waals surface area contributed by atoms with Gasteiger partial charge in [-0.1, -0.05) is 42.5 Å². The molecule has 2 aromatic carbocycles. The predicted molar refractivity (Wildman–Crippen MR) is 123 cm³/mol. The molecule has 3 aromatic rings. The van der Waals surface area contributed by atoms with Gasteiger partial charge < -0.3 is 10.6 Å². The van der Waals surface area contributed by atoms with Crippen molar-refractivity contribution in [2.75, 3.05) is 25.4 Å². The van der Waals surface area contributed by atoms with Crippen molar-refractivity contribution < 1.29 is 4.79 Å². The van der Waals surface area contributed by atoms with E-state index in [4.69, 9.17) is 0 Å². The number of carbonyl (C=O) groups excluding carboxylic acids is 1. The molecule has 1 aliphatic rings. The normalized spacial score (nSPS) is 18.5. The van der Waals surface area contributed by atoms with Crippen molar-refractivity contribution in [3.8, 4) is 0 Å². The van der Waals surface area contributed by atoms with Crippen LogP contribution in [0.2, 0.25) is 0 Å². The molecule has 0 saturated carbocycles. The summed E-state index contributed by atoms with van der Waals surface area (Å²) in [6, 6.07) is 15.0. The molecule has 5 nitrogen and oxygen atoms in total. The van der Waals surface area contributed by atoms with Gasteiger partial charge in [0.15, 0.2) is 0 Å². The summed E-state index contributed by atoms with van der Waals surface area (Å²) in [4.78, 5) is 12.7. The van der Waals surface area contributed by atoms with E-state index in [-0.39, 0.29) is 30.2 Å². The van der Waals surface area contributed by atoms with E-state index in [0.717, 1.165) is 30.2 Å². The Morgan fingerprint density at radius 3 is 2.90 bits per heavy atom. The molecule has 0 aliphatic carbocycles. The van der Waals surface area contributed by atoms with Crippen LogP contribution >= 0.6 is 24.2 Å².